The van der Waals surface area contributed by atoms with Gasteiger partial charge in [0, 0.05) is 31.1 Å². The first kappa shape index (κ1) is 20.7. The van der Waals surface area contributed by atoms with Crippen molar-refractivity contribution in [1.29, 1.82) is 0 Å². The van der Waals surface area contributed by atoms with Crippen LogP contribution in [0, 0.1) is 5.92 Å². The zero-order valence-electron chi connectivity index (χ0n) is 14.3. The maximum Gasteiger partial charge on any atom is 0.389 e. The van der Waals surface area contributed by atoms with E-state index in [2.05, 4.69) is 32.6 Å². The fourth-order valence-corrected chi connectivity index (χ4v) is 2.97. The van der Waals surface area contributed by atoms with Gasteiger partial charge in [-0.3, -0.25) is 4.90 Å². The summed E-state index contributed by atoms with van der Waals surface area (Å²) in [7, 11) is 0. The summed E-state index contributed by atoms with van der Waals surface area (Å²) in [6.07, 6.45) is -2.16. The predicted molar refractivity (Wildman–Crippen MR) is 83.3 cm³/mol. The van der Waals surface area contributed by atoms with Gasteiger partial charge in [-0.05, 0) is 38.5 Å². The fraction of sp³-hybridized carbons (Fsp3) is 1.00. The van der Waals surface area contributed by atoms with E-state index in [1.165, 1.54) is 0 Å². The minimum absolute atomic E-state index is 0.145. The van der Waals surface area contributed by atoms with Crippen LogP contribution in [0.5, 0.6) is 0 Å². The molecular formula is C16H33F3N2. The second kappa shape index (κ2) is 8.99. The number of hydrogen-bond acceptors (Lipinski definition) is 2. The van der Waals surface area contributed by atoms with E-state index >= 15 is 0 Å². The zero-order valence-corrected chi connectivity index (χ0v) is 14.3. The van der Waals surface area contributed by atoms with E-state index in [1.54, 1.807) is 0 Å². The smallest absolute Gasteiger partial charge is 0.329 e. The van der Waals surface area contributed by atoms with Crippen molar-refractivity contribution in [3.63, 3.8) is 0 Å². The number of alkyl halides is 3. The summed E-state index contributed by atoms with van der Waals surface area (Å²) >= 11 is 0. The molecule has 0 fully saturated rings. The van der Waals surface area contributed by atoms with Crippen molar-refractivity contribution in [2.75, 3.05) is 13.1 Å². The molecule has 21 heavy (non-hydrogen) atoms. The normalized spacial score (nSPS) is 16.0. The third-order valence-electron chi connectivity index (χ3n) is 4.25. The first-order valence-corrected chi connectivity index (χ1v) is 8.13. The van der Waals surface area contributed by atoms with Crippen LogP contribution in [-0.4, -0.2) is 35.7 Å². The number of nitrogens with two attached hydrogens (primary N) is 1. The standard InChI is InChI=1S/C16H33F3N2/c1-6-14(7-2)21(11-13(3)4)15(5,12-20)9-8-10-16(17,18)19/h13-14H,6-12,20H2,1-5H3. The van der Waals surface area contributed by atoms with E-state index in [1.807, 2.05) is 6.92 Å². The molecule has 0 aliphatic rings. The highest BCUT2D eigenvalue weighted by Gasteiger charge is 2.36. The van der Waals surface area contributed by atoms with Crippen LogP contribution < -0.4 is 5.73 Å². The molecule has 1 unspecified atom stereocenters. The monoisotopic (exact) mass is 310 g/mol. The summed E-state index contributed by atoms with van der Waals surface area (Å²) in [5.74, 6) is 0.471. The van der Waals surface area contributed by atoms with Gasteiger partial charge < -0.3 is 5.73 Å². The van der Waals surface area contributed by atoms with Crippen LogP contribution in [-0.2, 0) is 0 Å². The molecule has 0 radical (unpaired) electrons. The Morgan fingerprint density at radius 3 is 1.90 bits per heavy atom. The lowest BCUT2D eigenvalue weighted by molar-refractivity contribution is -0.137. The highest BCUT2D eigenvalue weighted by Crippen LogP contribution is 2.30. The average Bonchev–Trinajstić information content (AvgIpc) is 2.36. The van der Waals surface area contributed by atoms with E-state index < -0.39 is 12.6 Å². The minimum atomic E-state index is -4.08. The van der Waals surface area contributed by atoms with Crippen LogP contribution in [0.2, 0.25) is 0 Å². The second-order valence-corrected chi connectivity index (χ2v) is 6.69. The molecule has 0 bridgehead atoms. The topological polar surface area (TPSA) is 29.3 Å². The number of rotatable bonds is 10. The predicted octanol–water partition coefficient (Wildman–Crippen LogP) is 4.58. The molecule has 0 aliphatic heterocycles. The van der Waals surface area contributed by atoms with Gasteiger partial charge in [0.2, 0.25) is 0 Å². The van der Waals surface area contributed by atoms with E-state index in [4.69, 9.17) is 5.73 Å². The van der Waals surface area contributed by atoms with Crippen molar-refractivity contribution in [3.8, 4) is 0 Å². The van der Waals surface area contributed by atoms with Crippen molar-refractivity contribution in [2.45, 2.75) is 84.5 Å². The molecule has 0 spiro atoms. The maximum atomic E-state index is 12.4. The molecule has 0 amide bonds. The Labute approximate surface area is 128 Å². The van der Waals surface area contributed by atoms with Crippen LogP contribution in [0.25, 0.3) is 0 Å². The van der Waals surface area contributed by atoms with E-state index in [9.17, 15) is 13.2 Å². The zero-order chi connectivity index (χ0) is 16.7. The summed E-state index contributed by atoms with van der Waals surface area (Å²) in [5.41, 5.74) is 5.60. The Hall–Kier alpha value is -0.290. The quantitative estimate of drug-likeness (QED) is 0.640. The summed E-state index contributed by atoms with van der Waals surface area (Å²) in [5, 5.41) is 0. The average molecular weight is 310 g/mol. The van der Waals surface area contributed by atoms with Crippen LogP contribution in [0.1, 0.15) is 66.7 Å². The van der Waals surface area contributed by atoms with E-state index in [0.717, 1.165) is 19.4 Å². The van der Waals surface area contributed by atoms with Crippen molar-refractivity contribution >= 4 is 0 Å². The second-order valence-electron chi connectivity index (χ2n) is 6.69. The Balaban J connectivity index is 4.98. The van der Waals surface area contributed by atoms with Gasteiger partial charge >= 0.3 is 6.18 Å². The summed E-state index contributed by atoms with van der Waals surface area (Å²) in [6.45, 7) is 11.8. The van der Waals surface area contributed by atoms with Gasteiger partial charge in [-0.2, -0.15) is 13.2 Å². The molecule has 5 heteroatoms. The summed E-state index contributed by atoms with van der Waals surface area (Å²) in [4.78, 5) is 2.36. The van der Waals surface area contributed by atoms with Gasteiger partial charge in [0.05, 0.1) is 0 Å². The van der Waals surface area contributed by atoms with Crippen LogP contribution in [0.3, 0.4) is 0 Å². The third kappa shape index (κ3) is 7.50. The van der Waals surface area contributed by atoms with Crippen molar-refractivity contribution in [2.24, 2.45) is 11.7 Å². The Morgan fingerprint density at radius 2 is 1.57 bits per heavy atom. The highest BCUT2D eigenvalue weighted by atomic mass is 19.4. The highest BCUT2D eigenvalue weighted by molar-refractivity contribution is 4.91. The summed E-state index contributed by atoms with van der Waals surface area (Å²) < 4.78 is 37.2. The van der Waals surface area contributed by atoms with Gasteiger partial charge in [0.15, 0.2) is 0 Å². The molecule has 0 saturated carbocycles. The molecule has 2 N–H and O–H groups in total. The molecule has 1 atom stereocenters. The van der Waals surface area contributed by atoms with Gasteiger partial charge in [-0.1, -0.05) is 27.7 Å². The molecule has 0 aromatic heterocycles. The van der Waals surface area contributed by atoms with Crippen LogP contribution in [0.4, 0.5) is 13.2 Å². The molecular weight excluding hydrogens is 277 g/mol. The molecule has 128 valence electrons. The molecule has 0 saturated heterocycles. The Bertz CT molecular complexity index is 275. The van der Waals surface area contributed by atoms with Crippen LogP contribution in [0.15, 0.2) is 0 Å². The SMILES string of the molecule is CCC(CC)N(CC(C)C)C(C)(CN)CCCC(F)(F)F. The fourth-order valence-electron chi connectivity index (χ4n) is 2.97. The third-order valence-corrected chi connectivity index (χ3v) is 4.25. The van der Waals surface area contributed by atoms with Crippen molar-refractivity contribution < 1.29 is 13.2 Å². The lowest BCUT2D eigenvalue weighted by atomic mass is 9.88. The molecule has 0 aromatic carbocycles. The minimum Gasteiger partial charge on any atom is -0.329 e. The number of nitrogens with zero attached hydrogens (tertiary/aromatic N) is 1. The molecule has 0 rings (SSSR count). The largest absolute Gasteiger partial charge is 0.389 e. The molecule has 0 aliphatic carbocycles. The van der Waals surface area contributed by atoms with Gasteiger partial charge in [-0.25, -0.2) is 0 Å². The number of hydrogen-bond donors (Lipinski definition) is 1. The van der Waals surface area contributed by atoms with E-state index in [0.29, 0.717) is 24.9 Å². The molecule has 2 nitrogen and oxygen atoms in total. The van der Waals surface area contributed by atoms with Crippen molar-refractivity contribution in [3.05, 3.63) is 0 Å². The maximum absolute atomic E-state index is 12.4. The van der Waals surface area contributed by atoms with Crippen LogP contribution >= 0.6 is 0 Å². The lowest BCUT2D eigenvalue weighted by Gasteiger charge is -2.46. The van der Waals surface area contributed by atoms with Crippen molar-refractivity contribution in [1.82, 2.24) is 4.90 Å². The van der Waals surface area contributed by atoms with Gasteiger partial charge in [-0.15, -0.1) is 0 Å². The first-order valence-electron chi connectivity index (χ1n) is 8.13. The van der Waals surface area contributed by atoms with Gasteiger partial charge in [0.25, 0.3) is 0 Å². The van der Waals surface area contributed by atoms with E-state index in [-0.39, 0.29) is 12.0 Å². The molecule has 0 heterocycles. The Morgan fingerprint density at radius 1 is 1.05 bits per heavy atom. The Kier molecular flexibility index (Phi) is 8.86. The van der Waals surface area contributed by atoms with Gasteiger partial charge in [0.1, 0.15) is 0 Å². The first-order chi connectivity index (χ1) is 9.59. The number of halogens is 3. The lowest BCUT2D eigenvalue weighted by Crippen LogP contribution is -2.57. The molecule has 0 aromatic rings. The summed E-state index contributed by atoms with van der Waals surface area (Å²) in [6, 6.07) is 0.381.